The largest absolute Gasteiger partial charge is 0.385 e. The topological polar surface area (TPSA) is 21.3 Å². The minimum absolute atomic E-state index is 0.593. The van der Waals surface area contributed by atoms with Crippen molar-refractivity contribution >= 4 is 0 Å². The van der Waals surface area contributed by atoms with E-state index in [0.717, 1.165) is 12.6 Å². The fraction of sp³-hybridized carbons (Fsp3) is 1.00. The average Bonchev–Trinajstić information content (AvgIpc) is 3.05. The van der Waals surface area contributed by atoms with Crippen LogP contribution in [0.5, 0.6) is 0 Å². The highest BCUT2D eigenvalue weighted by Crippen LogP contribution is 2.48. The summed E-state index contributed by atoms with van der Waals surface area (Å²) < 4.78 is 5.19. The van der Waals surface area contributed by atoms with E-state index in [4.69, 9.17) is 4.74 Å². The molecule has 1 saturated carbocycles. The Balaban J connectivity index is 2.20. The molecule has 2 nitrogen and oxygen atoms in total. The predicted octanol–water partition coefficient (Wildman–Crippen LogP) is 3.36. The standard InChI is InChI=1S/C14H29NO/c1-4-6-13(7-5-2)15-12-14(8-9-14)10-11-16-3/h13,15H,4-12H2,1-3H3. The molecule has 0 aromatic rings. The van der Waals surface area contributed by atoms with Gasteiger partial charge in [-0.05, 0) is 37.5 Å². The van der Waals surface area contributed by atoms with Gasteiger partial charge in [-0.25, -0.2) is 0 Å². The highest BCUT2D eigenvalue weighted by Gasteiger charge is 2.41. The lowest BCUT2D eigenvalue weighted by atomic mass is 10.0. The molecule has 16 heavy (non-hydrogen) atoms. The van der Waals surface area contributed by atoms with Gasteiger partial charge in [-0.3, -0.25) is 0 Å². The molecule has 0 atom stereocenters. The zero-order chi connectivity index (χ0) is 11.9. The van der Waals surface area contributed by atoms with E-state index < -0.39 is 0 Å². The van der Waals surface area contributed by atoms with Gasteiger partial charge in [0.25, 0.3) is 0 Å². The van der Waals surface area contributed by atoms with Gasteiger partial charge < -0.3 is 10.1 Å². The van der Waals surface area contributed by atoms with Gasteiger partial charge in [0.15, 0.2) is 0 Å². The first-order valence-corrected chi connectivity index (χ1v) is 6.98. The highest BCUT2D eigenvalue weighted by molar-refractivity contribution is 4.95. The summed E-state index contributed by atoms with van der Waals surface area (Å²) in [5, 5.41) is 3.78. The van der Waals surface area contributed by atoms with E-state index in [1.54, 1.807) is 7.11 Å². The zero-order valence-electron chi connectivity index (χ0n) is 11.3. The maximum Gasteiger partial charge on any atom is 0.0468 e. The minimum atomic E-state index is 0.593. The van der Waals surface area contributed by atoms with Crippen LogP contribution in [0.1, 0.15) is 58.8 Å². The molecule has 1 aliphatic rings. The Morgan fingerprint density at radius 1 is 1.19 bits per heavy atom. The van der Waals surface area contributed by atoms with E-state index >= 15 is 0 Å². The molecule has 0 bridgehead atoms. The molecule has 1 fully saturated rings. The van der Waals surface area contributed by atoms with Crippen LogP contribution in [-0.2, 0) is 4.74 Å². The Morgan fingerprint density at radius 2 is 1.81 bits per heavy atom. The van der Waals surface area contributed by atoms with Crippen molar-refractivity contribution in [3.05, 3.63) is 0 Å². The number of ether oxygens (including phenoxy) is 1. The van der Waals surface area contributed by atoms with Crippen molar-refractivity contribution in [1.29, 1.82) is 0 Å². The van der Waals surface area contributed by atoms with E-state index in [1.165, 1.54) is 51.5 Å². The molecule has 1 N–H and O–H groups in total. The number of rotatable bonds is 10. The molecule has 0 saturated heterocycles. The minimum Gasteiger partial charge on any atom is -0.385 e. The lowest BCUT2D eigenvalue weighted by molar-refractivity contribution is 0.169. The van der Waals surface area contributed by atoms with Gasteiger partial charge in [-0.1, -0.05) is 26.7 Å². The average molecular weight is 227 g/mol. The molecule has 0 heterocycles. The van der Waals surface area contributed by atoms with Gasteiger partial charge >= 0.3 is 0 Å². The van der Waals surface area contributed by atoms with Crippen molar-refractivity contribution in [3.8, 4) is 0 Å². The van der Waals surface area contributed by atoms with E-state index in [0.29, 0.717) is 5.41 Å². The van der Waals surface area contributed by atoms with Crippen LogP contribution in [0.15, 0.2) is 0 Å². The zero-order valence-corrected chi connectivity index (χ0v) is 11.3. The smallest absolute Gasteiger partial charge is 0.0468 e. The molecular formula is C14H29NO. The Hall–Kier alpha value is -0.0800. The van der Waals surface area contributed by atoms with Crippen molar-refractivity contribution in [2.75, 3.05) is 20.3 Å². The van der Waals surface area contributed by atoms with Crippen LogP contribution in [0, 0.1) is 5.41 Å². The molecule has 0 aromatic carbocycles. The second-order valence-corrected chi connectivity index (χ2v) is 5.40. The fourth-order valence-electron chi connectivity index (χ4n) is 2.42. The molecule has 2 heteroatoms. The quantitative estimate of drug-likeness (QED) is 0.618. The van der Waals surface area contributed by atoms with E-state index in [9.17, 15) is 0 Å². The summed E-state index contributed by atoms with van der Waals surface area (Å²) in [6.45, 7) is 6.69. The van der Waals surface area contributed by atoms with Crippen LogP contribution >= 0.6 is 0 Å². The van der Waals surface area contributed by atoms with E-state index in [2.05, 4.69) is 19.2 Å². The second kappa shape index (κ2) is 7.29. The van der Waals surface area contributed by atoms with E-state index in [1.807, 2.05) is 0 Å². The number of hydrogen-bond acceptors (Lipinski definition) is 2. The molecule has 0 amide bonds. The summed E-state index contributed by atoms with van der Waals surface area (Å²) >= 11 is 0. The fourth-order valence-corrected chi connectivity index (χ4v) is 2.42. The molecular weight excluding hydrogens is 198 g/mol. The maximum atomic E-state index is 5.19. The Labute approximate surface area is 101 Å². The van der Waals surface area contributed by atoms with Crippen LogP contribution in [0.2, 0.25) is 0 Å². The first-order valence-electron chi connectivity index (χ1n) is 6.98. The first-order chi connectivity index (χ1) is 7.76. The summed E-state index contributed by atoms with van der Waals surface area (Å²) in [4.78, 5) is 0. The molecule has 1 aliphatic carbocycles. The Morgan fingerprint density at radius 3 is 2.25 bits per heavy atom. The third-order valence-electron chi connectivity index (χ3n) is 3.83. The second-order valence-electron chi connectivity index (χ2n) is 5.40. The lowest BCUT2D eigenvalue weighted by Gasteiger charge is -2.22. The van der Waals surface area contributed by atoms with Crippen molar-refractivity contribution in [3.63, 3.8) is 0 Å². The van der Waals surface area contributed by atoms with Crippen molar-refractivity contribution in [2.24, 2.45) is 5.41 Å². The third kappa shape index (κ3) is 4.84. The predicted molar refractivity (Wildman–Crippen MR) is 69.8 cm³/mol. The number of hydrogen-bond donors (Lipinski definition) is 1. The van der Waals surface area contributed by atoms with Gasteiger partial charge in [-0.15, -0.1) is 0 Å². The van der Waals surface area contributed by atoms with Crippen LogP contribution in [-0.4, -0.2) is 26.3 Å². The van der Waals surface area contributed by atoms with Crippen LogP contribution in [0.4, 0.5) is 0 Å². The highest BCUT2D eigenvalue weighted by atomic mass is 16.5. The molecule has 0 aliphatic heterocycles. The Kier molecular flexibility index (Phi) is 6.37. The lowest BCUT2D eigenvalue weighted by Crippen LogP contribution is -2.34. The third-order valence-corrected chi connectivity index (χ3v) is 3.83. The van der Waals surface area contributed by atoms with Gasteiger partial charge in [0.2, 0.25) is 0 Å². The summed E-state index contributed by atoms with van der Waals surface area (Å²) in [5.41, 5.74) is 0.593. The summed E-state index contributed by atoms with van der Waals surface area (Å²) in [5.74, 6) is 0. The summed E-state index contributed by atoms with van der Waals surface area (Å²) in [7, 11) is 1.81. The van der Waals surface area contributed by atoms with Gasteiger partial charge in [-0.2, -0.15) is 0 Å². The van der Waals surface area contributed by atoms with Crippen molar-refractivity contribution in [2.45, 2.75) is 64.8 Å². The van der Waals surface area contributed by atoms with Gasteiger partial charge in [0.05, 0.1) is 0 Å². The van der Waals surface area contributed by atoms with E-state index in [-0.39, 0.29) is 0 Å². The normalized spacial score (nSPS) is 18.0. The van der Waals surface area contributed by atoms with Crippen LogP contribution < -0.4 is 5.32 Å². The molecule has 0 unspecified atom stereocenters. The molecule has 1 rings (SSSR count). The molecule has 0 radical (unpaired) electrons. The molecule has 0 spiro atoms. The van der Waals surface area contributed by atoms with Gasteiger partial charge in [0, 0.05) is 26.3 Å². The monoisotopic (exact) mass is 227 g/mol. The maximum absolute atomic E-state index is 5.19. The molecule has 0 aromatic heterocycles. The van der Waals surface area contributed by atoms with Crippen LogP contribution in [0.25, 0.3) is 0 Å². The summed E-state index contributed by atoms with van der Waals surface area (Å²) in [6, 6.07) is 0.745. The van der Waals surface area contributed by atoms with Crippen LogP contribution in [0.3, 0.4) is 0 Å². The Bertz CT molecular complexity index is 172. The van der Waals surface area contributed by atoms with Gasteiger partial charge in [0.1, 0.15) is 0 Å². The number of nitrogens with one attached hydrogen (secondary N) is 1. The number of methoxy groups -OCH3 is 1. The SMILES string of the molecule is CCCC(CCC)NCC1(CCOC)CC1. The van der Waals surface area contributed by atoms with Crippen molar-refractivity contribution < 1.29 is 4.74 Å². The summed E-state index contributed by atoms with van der Waals surface area (Å²) in [6.07, 6.45) is 9.28. The van der Waals surface area contributed by atoms with Crippen molar-refractivity contribution in [1.82, 2.24) is 5.32 Å². The first kappa shape index (κ1) is 14.0. The molecule has 96 valence electrons.